The number of hydrogen-bond donors (Lipinski definition) is 1. The van der Waals surface area contributed by atoms with E-state index in [1.165, 1.54) is 16.7 Å². The van der Waals surface area contributed by atoms with Crippen LogP contribution in [0.1, 0.15) is 35.7 Å². The number of fused-ring (bicyclic) bond motifs is 1. The molecule has 2 N–H and O–H groups in total. The van der Waals surface area contributed by atoms with Crippen molar-refractivity contribution in [3.05, 3.63) is 40.1 Å². The summed E-state index contributed by atoms with van der Waals surface area (Å²) in [6.07, 6.45) is 5.80. The number of nitrogens with two attached hydrogens (primary N) is 1. The zero-order valence-electron chi connectivity index (χ0n) is 13.5. The Labute approximate surface area is 139 Å². The Morgan fingerprint density at radius 1 is 1.22 bits per heavy atom. The average molecular weight is 331 g/mol. The molecule has 0 amide bonds. The Morgan fingerprint density at radius 3 is 2.74 bits per heavy atom. The Balaban J connectivity index is 2.05. The number of nitrogens with zero attached hydrogens (tertiary/aromatic N) is 5. The first-order valence-corrected chi connectivity index (χ1v) is 7.96. The number of rotatable bonds is 4. The Hall–Kier alpha value is -2.21. The van der Waals surface area contributed by atoms with E-state index in [9.17, 15) is 0 Å². The van der Waals surface area contributed by atoms with Gasteiger partial charge in [-0.05, 0) is 37.0 Å². The Kier molecular flexibility index (Phi) is 4.17. The van der Waals surface area contributed by atoms with Gasteiger partial charge in [-0.25, -0.2) is 4.98 Å². The van der Waals surface area contributed by atoms with Crippen LogP contribution in [-0.2, 0) is 13.0 Å². The molecule has 0 atom stereocenters. The van der Waals surface area contributed by atoms with E-state index in [-0.39, 0.29) is 11.1 Å². The fourth-order valence-electron chi connectivity index (χ4n) is 2.82. The Bertz CT molecular complexity index is 871. The summed E-state index contributed by atoms with van der Waals surface area (Å²) in [4.78, 5) is 17.1. The van der Waals surface area contributed by atoms with E-state index in [4.69, 9.17) is 17.3 Å². The number of imidazole rings is 1. The highest BCUT2D eigenvalue weighted by molar-refractivity contribution is 6.33. The Morgan fingerprint density at radius 2 is 2.00 bits per heavy atom. The maximum Gasteiger partial charge on any atom is 0.223 e. The van der Waals surface area contributed by atoms with Gasteiger partial charge in [0.2, 0.25) is 5.95 Å². The quantitative estimate of drug-likeness (QED) is 0.743. The van der Waals surface area contributed by atoms with Crippen LogP contribution in [0.3, 0.4) is 0 Å². The molecule has 0 unspecified atom stereocenters. The molecule has 6 nitrogen and oxygen atoms in total. The highest BCUT2D eigenvalue weighted by atomic mass is 35.5. The van der Waals surface area contributed by atoms with Crippen LogP contribution in [0, 0.1) is 13.8 Å². The standard InChI is InChI=1S/C16H19ClN6/c1-4-5-11-9(2)6-19-12(10(11)3)7-23-8-20-13-14(17)21-16(18)22-15(13)23/h6,8H,4-5,7H2,1-3H3,(H2,18,21,22). The first-order chi connectivity index (χ1) is 11.0. The topological polar surface area (TPSA) is 82.5 Å². The molecule has 0 fully saturated rings. The van der Waals surface area contributed by atoms with Gasteiger partial charge in [0.15, 0.2) is 10.8 Å². The molecule has 0 bridgehead atoms. The third-order valence-electron chi connectivity index (χ3n) is 4.03. The molecule has 3 aromatic heterocycles. The van der Waals surface area contributed by atoms with Crippen molar-refractivity contribution < 1.29 is 0 Å². The fraction of sp³-hybridized carbons (Fsp3) is 0.375. The summed E-state index contributed by atoms with van der Waals surface area (Å²) >= 11 is 6.07. The second-order valence-electron chi connectivity index (χ2n) is 5.66. The van der Waals surface area contributed by atoms with Crippen LogP contribution in [0.25, 0.3) is 11.2 Å². The van der Waals surface area contributed by atoms with Crippen LogP contribution in [0.4, 0.5) is 5.95 Å². The molecule has 3 heterocycles. The molecule has 0 aliphatic carbocycles. The van der Waals surface area contributed by atoms with Gasteiger partial charge in [-0.2, -0.15) is 9.97 Å². The molecule has 0 aliphatic heterocycles. The third-order valence-corrected chi connectivity index (χ3v) is 4.30. The fourth-order valence-corrected chi connectivity index (χ4v) is 3.04. The van der Waals surface area contributed by atoms with Crippen molar-refractivity contribution in [2.45, 2.75) is 40.2 Å². The van der Waals surface area contributed by atoms with E-state index in [1.807, 2.05) is 10.8 Å². The lowest BCUT2D eigenvalue weighted by atomic mass is 9.99. The smallest absolute Gasteiger partial charge is 0.223 e. The number of anilines is 1. The SMILES string of the molecule is CCCc1c(C)cnc(Cn2cnc3c(Cl)nc(N)nc32)c1C. The first kappa shape index (κ1) is 15.7. The van der Waals surface area contributed by atoms with Gasteiger partial charge in [0.1, 0.15) is 5.52 Å². The minimum atomic E-state index is 0.143. The highest BCUT2D eigenvalue weighted by Crippen LogP contribution is 2.22. The van der Waals surface area contributed by atoms with Gasteiger partial charge in [-0.1, -0.05) is 24.9 Å². The number of pyridine rings is 1. The van der Waals surface area contributed by atoms with Crippen LogP contribution < -0.4 is 5.73 Å². The van der Waals surface area contributed by atoms with Gasteiger partial charge in [0, 0.05) is 6.20 Å². The molecular formula is C16H19ClN6. The summed E-state index contributed by atoms with van der Waals surface area (Å²) in [6, 6.07) is 0. The summed E-state index contributed by atoms with van der Waals surface area (Å²) in [5, 5.41) is 0.270. The predicted molar refractivity (Wildman–Crippen MR) is 91.6 cm³/mol. The van der Waals surface area contributed by atoms with Crippen LogP contribution in [0.2, 0.25) is 5.15 Å². The minimum absolute atomic E-state index is 0.143. The normalized spacial score (nSPS) is 11.3. The van der Waals surface area contributed by atoms with Crippen molar-refractivity contribution in [2.75, 3.05) is 5.73 Å². The van der Waals surface area contributed by atoms with Crippen LogP contribution >= 0.6 is 11.6 Å². The second-order valence-corrected chi connectivity index (χ2v) is 6.02. The van der Waals surface area contributed by atoms with E-state index in [2.05, 4.69) is 40.7 Å². The van der Waals surface area contributed by atoms with Gasteiger partial charge in [0.25, 0.3) is 0 Å². The van der Waals surface area contributed by atoms with E-state index >= 15 is 0 Å². The number of hydrogen-bond acceptors (Lipinski definition) is 5. The van der Waals surface area contributed by atoms with E-state index in [1.54, 1.807) is 6.33 Å². The molecule has 0 aliphatic rings. The second kappa shape index (κ2) is 6.12. The van der Waals surface area contributed by atoms with Crippen LogP contribution in [0.15, 0.2) is 12.5 Å². The molecule has 0 radical (unpaired) electrons. The van der Waals surface area contributed by atoms with Crippen molar-refractivity contribution >= 4 is 28.7 Å². The van der Waals surface area contributed by atoms with Crippen LogP contribution in [0.5, 0.6) is 0 Å². The molecule has 23 heavy (non-hydrogen) atoms. The lowest BCUT2D eigenvalue weighted by molar-refractivity contribution is 0.771. The van der Waals surface area contributed by atoms with Gasteiger partial charge < -0.3 is 10.3 Å². The largest absolute Gasteiger partial charge is 0.368 e. The summed E-state index contributed by atoms with van der Waals surface area (Å²) in [5.74, 6) is 0.143. The van der Waals surface area contributed by atoms with Crippen LogP contribution in [-0.4, -0.2) is 24.5 Å². The van der Waals surface area contributed by atoms with Crippen molar-refractivity contribution in [3.8, 4) is 0 Å². The number of aromatic nitrogens is 5. The van der Waals surface area contributed by atoms with Crippen molar-refractivity contribution in [1.82, 2.24) is 24.5 Å². The predicted octanol–water partition coefficient (Wildman–Crippen LogP) is 3.07. The number of nitrogen functional groups attached to an aromatic ring is 1. The monoisotopic (exact) mass is 330 g/mol. The zero-order valence-corrected chi connectivity index (χ0v) is 14.2. The summed E-state index contributed by atoms with van der Waals surface area (Å²) in [5.41, 5.74) is 11.7. The van der Waals surface area contributed by atoms with Gasteiger partial charge >= 0.3 is 0 Å². The summed E-state index contributed by atoms with van der Waals surface area (Å²) < 4.78 is 1.90. The minimum Gasteiger partial charge on any atom is -0.368 e. The lowest BCUT2D eigenvalue weighted by Gasteiger charge is -2.13. The summed E-state index contributed by atoms with van der Waals surface area (Å²) in [7, 11) is 0. The molecule has 7 heteroatoms. The van der Waals surface area contributed by atoms with Gasteiger partial charge in [0.05, 0.1) is 18.6 Å². The van der Waals surface area contributed by atoms with Gasteiger partial charge in [-0.15, -0.1) is 0 Å². The maximum atomic E-state index is 6.07. The molecule has 0 aromatic carbocycles. The number of halogens is 1. The third kappa shape index (κ3) is 2.86. The molecule has 0 saturated heterocycles. The van der Waals surface area contributed by atoms with E-state index in [0.717, 1.165) is 18.5 Å². The van der Waals surface area contributed by atoms with E-state index < -0.39 is 0 Å². The summed E-state index contributed by atoms with van der Waals surface area (Å²) in [6.45, 7) is 6.99. The maximum absolute atomic E-state index is 6.07. The molecule has 3 aromatic rings. The van der Waals surface area contributed by atoms with E-state index in [0.29, 0.717) is 17.7 Å². The average Bonchev–Trinajstić information content (AvgIpc) is 2.90. The first-order valence-electron chi connectivity index (χ1n) is 7.59. The van der Waals surface area contributed by atoms with Crippen molar-refractivity contribution in [1.29, 1.82) is 0 Å². The molecule has 0 spiro atoms. The highest BCUT2D eigenvalue weighted by Gasteiger charge is 2.14. The zero-order chi connectivity index (χ0) is 16.6. The number of aryl methyl sites for hydroxylation is 1. The van der Waals surface area contributed by atoms with Gasteiger partial charge in [-0.3, -0.25) is 4.98 Å². The van der Waals surface area contributed by atoms with Crippen molar-refractivity contribution in [3.63, 3.8) is 0 Å². The molecular weight excluding hydrogens is 312 g/mol. The molecule has 0 saturated carbocycles. The molecule has 120 valence electrons. The lowest BCUT2D eigenvalue weighted by Crippen LogP contribution is -2.08. The van der Waals surface area contributed by atoms with Crippen molar-refractivity contribution in [2.24, 2.45) is 0 Å². The molecule has 3 rings (SSSR count).